The average molecular weight is 1890 g/mol. The number of nitrogens with one attached hydrogen (secondary N) is 7. The van der Waals surface area contributed by atoms with Crippen LogP contribution in [-0.4, -0.2) is 250 Å². The molecule has 1 heterocycles. The number of aliphatic carboxylic acids is 3. The van der Waals surface area contributed by atoms with Gasteiger partial charge in [0.15, 0.2) is 34.7 Å². The van der Waals surface area contributed by atoms with E-state index in [2.05, 4.69) is 37.2 Å². The number of ketones is 8. The molecule has 1 aliphatic rings. The van der Waals surface area contributed by atoms with Gasteiger partial charge in [0, 0.05) is 82.2 Å². The zero-order chi connectivity index (χ0) is 101. The molecule has 0 unspecified atom stereocenters. The summed E-state index contributed by atoms with van der Waals surface area (Å²) >= 11 is 0. The monoisotopic (exact) mass is 1890 g/mol. The molecule has 1 aliphatic heterocycles. The fraction of sp³-hybridized carbons (Fsp3) is 0.546. The van der Waals surface area contributed by atoms with Gasteiger partial charge in [0.1, 0.15) is 29.1 Å². The van der Waals surface area contributed by atoms with Crippen molar-refractivity contribution in [3.05, 3.63) is 130 Å². The van der Waals surface area contributed by atoms with Crippen molar-refractivity contribution in [1.29, 1.82) is 0 Å². The summed E-state index contributed by atoms with van der Waals surface area (Å²) in [6.45, 7) is 9.85. The molecule has 4 aromatic rings. The van der Waals surface area contributed by atoms with E-state index in [-0.39, 0.29) is 85.6 Å². The Kier molecular flexibility index (Phi) is 47.4. The van der Waals surface area contributed by atoms with Crippen molar-refractivity contribution in [3.8, 4) is 11.5 Å². The minimum atomic E-state index is -2.00. The number of nitrogens with zero attached hydrogens (tertiary/aromatic N) is 1. The fourth-order valence-electron chi connectivity index (χ4n) is 15.7. The van der Waals surface area contributed by atoms with Gasteiger partial charge in [-0.05, 0) is 157 Å². The summed E-state index contributed by atoms with van der Waals surface area (Å²) in [4.78, 5) is 275. The Morgan fingerprint density at radius 2 is 0.896 bits per heavy atom. The predicted molar refractivity (Wildman–Crippen MR) is 487 cm³/mol. The van der Waals surface area contributed by atoms with Gasteiger partial charge in [0.25, 0.3) is 11.8 Å². The maximum atomic E-state index is 14.9. The van der Waals surface area contributed by atoms with Gasteiger partial charge < -0.3 is 88.9 Å². The van der Waals surface area contributed by atoms with Crippen LogP contribution in [0.4, 0.5) is 0 Å². The number of carboxylic acid groups (broad SMARTS) is 3. The lowest BCUT2D eigenvalue weighted by atomic mass is 9.85. The highest BCUT2D eigenvalue weighted by molar-refractivity contribution is 6.21. The second-order valence-electron chi connectivity index (χ2n) is 35.6. The van der Waals surface area contributed by atoms with E-state index in [4.69, 9.17) is 5.73 Å². The van der Waals surface area contributed by atoms with Crippen molar-refractivity contribution >= 4 is 117 Å². The van der Waals surface area contributed by atoms with E-state index in [1.54, 1.807) is 90.1 Å². The number of unbranched alkanes of at least 4 members (excludes halogenated alkanes) is 2. The van der Waals surface area contributed by atoms with Crippen molar-refractivity contribution in [3.63, 3.8) is 0 Å². The van der Waals surface area contributed by atoms with Crippen molar-refractivity contribution in [1.82, 2.24) is 42.1 Å². The number of phenols is 2. The summed E-state index contributed by atoms with van der Waals surface area (Å²) in [6, 6.07) is 15.2. The Hall–Kier alpha value is -12.5. The maximum Gasteiger partial charge on any atom is 0.304 e. The molecule has 16 atom stereocenters. The van der Waals surface area contributed by atoms with E-state index in [1.807, 2.05) is 0 Å². The summed E-state index contributed by atoms with van der Waals surface area (Å²) in [5.74, 6) is -31.5. The van der Waals surface area contributed by atoms with Crippen LogP contribution in [-0.2, 0) is 106 Å². The summed E-state index contributed by atoms with van der Waals surface area (Å²) in [5, 5.41) is 111. The van der Waals surface area contributed by atoms with Gasteiger partial charge in [-0.3, -0.25) is 101 Å². The number of phenolic OH excluding ortho intramolecular Hbond substituents is 2. The number of hydrogen-bond donors (Lipinski definition) is 17. The molecule has 38 nitrogen and oxygen atoms in total. The van der Waals surface area contributed by atoms with Gasteiger partial charge in [-0.1, -0.05) is 107 Å². The van der Waals surface area contributed by atoms with Crippen LogP contribution in [0.5, 0.6) is 11.5 Å². The molecule has 0 saturated heterocycles. The van der Waals surface area contributed by atoms with E-state index in [0.717, 1.165) is 24.3 Å². The molecule has 0 aliphatic carbocycles. The molecule has 738 valence electrons. The van der Waals surface area contributed by atoms with Crippen LogP contribution in [0.2, 0.25) is 0 Å². The van der Waals surface area contributed by atoms with E-state index < -0.39 is 316 Å². The lowest BCUT2D eigenvalue weighted by Crippen LogP contribution is -2.52. The third-order valence-electron chi connectivity index (χ3n) is 23.8. The highest BCUT2D eigenvalue weighted by atomic mass is 16.4. The van der Waals surface area contributed by atoms with Gasteiger partial charge in [0.2, 0.25) is 41.4 Å². The first kappa shape index (κ1) is 113. The van der Waals surface area contributed by atoms with Crippen molar-refractivity contribution in [2.45, 2.75) is 252 Å². The molecule has 0 fully saturated rings. The van der Waals surface area contributed by atoms with Gasteiger partial charge >= 0.3 is 17.9 Å². The normalized spacial score (nSPS) is 15.4. The Labute approximate surface area is 783 Å². The van der Waals surface area contributed by atoms with Crippen molar-refractivity contribution in [2.75, 3.05) is 32.8 Å². The first-order valence-electron chi connectivity index (χ1n) is 45.6. The van der Waals surface area contributed by atoms with Gasteiger partial charge in [-0.15, -0.1) is 0 Å². The third-order valence-corrected chi connectivity index (χ3v) is 23.8. The van der Waals surface area contributed by atoms with Crippen LogP contribution >= 0.6 is 0 Å². The average Bonchev–Trinajstić information content (AvgIpc) is 1.63. The Morgan fingerprint density at radius 3 is 1.43 bits per heavy atom. The smallest absolute Gasteiger partial charge is 0.304 e. The minimum absolute atomic E-state index is 0.0126. The first-order valence-corrected chi connectivity index (χ1v) is 45.6. The number of carboxylic acids is 3. The quantitative estimate of drug-likeness (QED) is 0.0170. The molecule has 0 aromatic heterocycles. The number of imide groups is 1. The number of benzene rings is 4. The number of aryl methyl sites for hydroxylation is 1. The maximum absolute atomic E-state index is 14.9. The lowest BCUT2D eigenvalue weighted by Gasteiger charge is -2.28. The molecular formula is C97H131N9O29. The Bertz CT molecular complexity index is 4810. The summed E-state index contributed by atoms with van der Waals surface area (Å²) in [6.07, 6.45) is -10.9. The molecule has 0 bridgehead atoms. The number of carbonyl (C=O) groups is 20. The number of aromatic hydroxyl groups is 2. The van der Waals surface area contributed by atoms with E-state index in [0.29, 0.717) is 36.9 Å². The Balaban J connectivity index is 1.29. The van der Waals surface area contributed by atoms with Crippen LogP contribution in [0, 0.1) is 60.2 Å². The number of aliphatic hydroxyl groups excluding tert-OH is 4. The van der Waals surface area contributed by atoms with Crippen molar-refractivity contribution < 1.29 is 142 Å². The van der Waals surface area contributed by atoms with Crippen LogP contribution in [0.1, 0.15) is 220 Å². The molecular weight excluding hydrogens is 1760 g/mol. The number of aliphatic hydroxyl groups is 4. The number of hydrogen-bond acceptors (Lipinski definition) is 27. The number of fused-ring (bicyclic) bond motifs is 1. The second-order valence-corrected chi connectivity index (χ2v) is 35.6. The number of amides is 9. The second kappa shape index (κ2) is 56.6. The lowest BCUT2D eigenvalue weighted by molar-refractivity contribution is -0.143. The minimum Gasteiger partial charge on any atom is -0.508 e. The van der Waals surface area contributed by atoms with Crippen molar-refractivity contribution in [2.24, 2.45) is 59.0 Å². The number of carbonyl (C=O) groups excluding carboxylic acids is 17. The SMILES string of the molecule is CC[C@H](C)[C@H](NC(=O)[C@H](CO)CC(=O)[C@H](Cc1ccc(O)cc1)NC(=O)[C@H](CC(=O)O)CC(=O)[C@H](CO)NC(=O)[C@@H](CC(=O)[C@H](Cc1ccccc1)NC(=O)[C@@H](CC(=O)CNC(=O)[C@H](CCC(=O)O)CC(=O)CC(=O)CCCCN1C(=O)c2ccc(C)cc2C1=O)[C@@H](C)O)[C@@H](C)O)C(=O)C[C@@H](Cc1ccc(O)cc1)C(=O)N[C@@H](CC(C)C)C(=O)C[C@@H](CC(=O)O)C(=O)N[C@H](C)CCCCN. The van der Waals surface area contributed by atoms with E-state index in [9.17, 15) is 142 Å². The topological polar surface area (TPSA) is 637 Å². The van der Waals surface area contributed by atoms with Gasteiger partial charge in [-0.25, -0.2) is 0 Å². The molecule has 18 N–H and O–H groups in total. The van der Waals surface area contributed by atoms with Crippen LogP contribution in [0.3, 0.4) is 0 Å². The zero-order valence-corrected chi connectivity index (χ0v) is 77.6. The Morgan fingerprint density at radius 1 is 0.415 bits per heavy atom. The zero-order valence-electron chi connectivity index (χ0n) is 77.6. The number of nitrogens with two attached hydrogens (primary N) is 1. The number of Topliss-reactive ketones (excluding diaryl/α,β-unsaturated/α-hetero) is 8. The molecule has 0 spiro atoms. The standard InChI is InChI=1S/C97H131N9O29/c1-9-55(5)88(84(120)43-63(37-60-22-27-67(111)28-23-60)91(129)101-76(35-53(2)3)80(116)41-64(45-86(123)124)90(128)100-56(6)17-13-15-33-98)105-93(131)66(51-107)44-81(117)77(39-61-24-29-68(112)30-25-61)102-92(130)65(46-87(125)126)42-82(118)79(52-108)104-95(133)74(58(8)110)49-83(119)78(38-59-18-11-10-12-19-59)103-94(132)73(57(7)109)48-71(115)50-99-89(127)62(26-32-85(121)122)40-70(114)47-69(113)20-14-16-34-106-96(134)72-31-21-54(4)36-75(72)97(106)135/h10-12,18-19,21-25,27-31,36,53,55-58,62-66,73-74,76-79,88,107-112H,9,13-17,20,26,32-35,37-52,98H2,1-8H3,(H,99,127)(H,100,128)(H,101,129)(H,102,130)(H,103,132)(H,104,133)(H,105,131)(H,121,122)(H,123,124)(H,125,126)/t55-,56+,57+,58+,62+,63+,64-,65-,66-,73-,74-,76-,77-,78-,79-,88-/m0/s1. The summed E-state index contributed by atoms with van der Waals surface area (Å²) in [7, 11) is 0. The molecule has 135 heavy (non-hydrogen) atoms. The highest BCUT2D eigenvalue weighted by Gasteiger charge is 2.42. The summed E-state index contributed by atoms with van der Waals surface area (Å²) in [5.41, 5.74) is 8.07. The fourth-order valence-corrected chi connectivity index (χ4v) is 15.7. The molecule has 4 aromatic carbocycles. The largest absolute Gasteiger partial charge is 0.508 e. The first-order chi connectivity index (χ1) is 63.8. The van der Waals surface area contributed by atoms with E-state index in [1.165, 1.54) is 48.5 Å². The van der Waals surface area contributed by atoms with Crippen LogP contribution in [0.15, 0.2) is 97.1 Å². The van der Waals surface area contributed by atoms with E-state index >= 15 is 0 Å². The van der Waals surface area contributed by atoms with Gasteiger partial charge in [0.05, 0.1) is 116 Å². The van der Waals surface area contributed by atoms with Gasteiger partial charge in [-0.2, -0.15) is 0 Å². The molecule has 5 rings (SSSR count). The predicted octanol–water partition coefficient (Wildman–Crippen LogP) is 3.71. The molecule has 9 amide bonds. The van der Waals surface area contributed by atoms with Crippen LogP contribution in [0.25, 0.3) is 0 Å². The highest BCUT2D eigenvalue weighted by Crippen LogP contribution is 2.29. The number of rotatable bonds is 66. The van der Waals surface area contributed by atoms with Crippen LogP contribution < -0.4 is 43.0 Å². The molecule has 0 radical (unpaired) electrons. The summed E-state index contributed by atoms with van der Waals surface area (Å²) < 4.78 is 0. The third kappa shape index (κ3) is 38.4. The molecule has 0 saturated carbocycles. The molecule has 38 heteroatoms.